The molecular weight excluding hydrogens is 212 g/mol. The summed E-state index contributed by atoms with van der Waals surface area (Å²) in [6.07, 6.45) is 2.15. The minimum absolute atomic E-state index is 0.192. The van der Waals surface area contributed by atoms with Crippen molar-refractivity contribution in [1.82, 2.24) is 9.97 Å². The lowest BCUT2D eigenvalue weighted by Crippen LogP contribution is -2.29. The third-order valence-electron chi connectivity index (χ3n) is 2.59. The highest BCUT2D eigenvalue weighted by Crippen LogP contribution is 2.13. The molecule has 0 radical (unpaired) electrons. The first-order valence-electron chi connectivity index (χ1n) is 6.38. The van der Waals surface area contributed by atoms with Crippen molar-refractivity contribution < 1.29 is 0 Å². The molecule has 1 rings (SSSR count). The van der Waals surface area contributed by atoms with E-state index in [2.05, 4.69) is 36.1 Å². The van der Waals surface area contributed by atoms with Crippen LogP contribution in [0.3, 0.4) is 0 Å². The molecule has 0 aromatic carbocycles. The van der Waals surface area contributed by atoms with Gasteiger partial charge in [0.2, 0.25) is 0 Å². The van der Waals surface area contributed by atoms with Gasteiger partial charge in [-0.3, -0.25) is 0 Å². The zero-order chi connectivity index (χ0) is 12.8. The third kappa shape index (κ3) is 4.69. The van der Waals surface area contributed by atoms with Crippen LogP contribution in [-0.2, 0) is 0 Å². The maximum absolute atomic E-state index is 5.96. The van der Waals surface area contributed by atoms with E-state index in [1.807, 2.05) is 13.0 Å². The second kappa shape index (κ2) is 6.55. The maximum Gasteiger partial charge on any atom is 0.133 e. The van der Waals surface area contributed by atoms with Crippen LogP contribution in [0.4, 0.5) is 5.82 Å². The molecule has 1 heterocycles. The topological polar surface area (TPSA) is 63.8 Å². The van der Waals surface area contributed by atoms with Crippen molar-refractivity contribution in [2.45, 2.75) is 52.5 Å². The summed E-state index contributed by atoms with van der Waals surface area (Å²) in [5.74, 6) is 2.11. The highest BCUT2D eigenvalue weighted by atomic mass is 15.0. The second-order valence-electron chi connectivity index (χ2n) is 4.84. The van der Waals surface area contributed by atoms with Gasteiger partial charge >= 0.3 is 0 Å². The van der Waals surface area contributed by atoms with Crippen LogP contribution in [0, 0.1) is 6.92 Å². The number of aryl methyl sites for hydroxylation is 1. The molecule has 1 unspecified atom stereocenters. The van der Waals surface area contributed by atoms with Crippen LogP contribution < -0.4 is 11.1 Å². The van der Waals surface area contributed by atoms with E-state index in [4.69, 9.17) is 5.73 Å². The molecule has 0 aliphatic carbocycles. The third-order valence-corrected chi connectivity index (χ3v) is 2.59. The first kappa shape index (κ1) is 13.9. The lowest BCUT2D eigenvalue weighted by Gasteiger charge is -2.13. The highest BCUT2D eigenvalue weighted by Gasteiger charge is 2.07. The Morgan fingerprint density at radius 3 is 2.65 bits per heavy atom. The average molecular weight is 236 g/mol. The van der Waals surface area contributed by atoms with Gasteiger partial charge in [0.1, 0.15) is 11.6 Å². The van der Waals surface area contributed by atoms with E-state index in [1.165, 1.54) is 0 Å². The van der Waals surface area contributed by atoms with Crippen LogP contribution >= 0.6 is 0 Å². The highest BCUT2D eigenvalue weighted by molar-refractivity contribution is 5.36. The molecule has 4 heteroatoms. The zero-order valence-corrected chi connectivity index (χ0v) is 11.3. The Balaban J connectivity index is 2.64. The first-order chi connectivity index (χ1) is 8.02. The van der Waals surface area contributed by atoms with E-state index in [1.54, 1.807) is 0 Å². The van der Waals surface area contributed by atoms with Gasteiger partial charge in [0.05, 0.1) is 0 Å². The van der Waals surface area contributed by atoms with Crippen LogP contribution in [0.15, 0.2) is 6.07 Å². The van der Waals surface area contributed by atoms with Crippen LogP contribution in [0.25, 0.3) is 0 Å². The summed E-state index contributed by atoms with van der Waals surface area (Å²) in [5, 5.41) is 3.29. The molecule has 0 bridgehead atoms. The molecule has 3 N–H and O–H groups in total. The standard InChI is InChI=1S/C13H24N4/c1-5-6-11(14)8-15-12-7-10(4)16-13(17-12)9(2)3/h7,9,11H,5-6,8,14H2,1-4H3,(H,15,16,17). The van der Waals surface area contributed by atoms with Crippen molar-refractivity contribution >= 4 is 5.82 Å². The molecule has 96 valence electrons. The van der Waals surface area contributed by atoms with Gasteiger partial charge in [0, 0.05) is 30.3 Å². The van der Waals surface area contributed by atoms with Crippen LogP contribution in [0.5, 0.6) is 0 Å². The van der Waals surface area contributed by atoms with E-state index in [9.17, 15) is 0 Å². The normalized spacial score (nSPS) is 12.8. The second-order valence-corrected chi connectivity index (χ2v) is 4.84. The molecule has 4 nitrogen and oxygen atoms in total. The van der Waals surface area contributed by atoms with Crippen molar-refractivity contribution in [3.05, 3.63) is 17.6 Å². The molecule has 17 heavy (non-hydrogen) atoms. The maximum atomic E-state index is 5.96. The van der Waals surface area contributed by atoms with Crippen molar-refractivity contribution in [1.29, 1.82) is 0 Å². The van der Waals surface area contributed by atoms with Crippen molar-refractivity contribution in [3.63, 3.8) is 0 Å². The zero-order valence-electron chi connectivity index (χ0n) is 11.3. The predicted molar refractivity (Wildman–Crippen MR) is 72.2 cm³/mol. The molecule has 0 spiro atoms. The monoisotopic (exact) mass is 236 g/mol. The average Bonchev–Trinajstić information content (AvgIpc) is 2.26. The Morgan fingerprint density at radius 2 is 2.06 bits per heavy atom. The van der Waals surface area contributed by atoms with E-state index in [-0.39, 0.29) is 6.04 Å². The SMILES string of the molecule is CCCC(N)CNc1cc(C)nc(C(C)C)n1. The summed E-state index contributed by atoms with van der Waals surface area (Å²) in [5.41, 5.74) is 6.96. The Labute approximate surface area is 104 Å². The quantitative estimate of drug-likeness (QED) is 0.796. The largest absolute Gasteiger partial charge is 0.368 e. The Morgan fingerprint density at radius 1 is 1.35 bits per heavy atom. The van der Waals surface area contributed by atoms with Gasteiger partial charge in [-0.25, -0.2) is 9.97 Å². The van der Waals surface area contributed by atoms with Gasteiger partial charge in [-0.05, 0) is 13.3 Å². The summed E-state index contributed by atoms with van der Waals surface area (Å²) < 4.78 is 0. The van der Waals surface area contributed by atoms with E-state index in [0.29, 0.717) is 5.92 Å². The Bertz CT molecular complexity index is 349. The number of aromatic nitrogens is 2. The van der Waals surface area contributed by atoms with Gasteiger partial charge in [-0.1, -0.05) is 27.2 Å². The summed E-state index contributed by atoms with van der Waals surface area (Å²) in [6, 6.07) is 2.16. The lowest BCUT2D eigenvalue weighted by atomic mass is 10.2. The minimum Gasteiger partial charge on any atom is -0.368 e. The fourth-order valence-corrected chi connectivity index (χ4v) is 1.65. The van der Waals surface area contributed by atoms with E-state index >= 15 is 0 Å². The number of nitrogens with zero attached hydrogens (tertiary/aromatic N) is 2. The number of anilines is 1. The van der Waals surface area contributed by atoms with Crippen molar-refractivity contribution in [2.75, 3.05) is 11.9 Å². The minimum atomic E-state index is 0.192. The fourth-order valence-electron chi connectivity index (χ4n) is 1.65. The van der Waals surface area contributed by atoms with Crippen molar-refractivity contribution in [3.8, 4) is 0 Å². The van der Waals surface area contributed by atoms with Gasteiger partial charge < -0.3 is 11.1 Å². The Hall–Kier alpha value is -1.16. The molecule has 0 saturated carbocycles. The molecule has 0 aliphatic rings. The first-order valence-corrected chi connectivity index (χ1v) is 6.38. The summed E-state index contributed by atoms with van der Waals surface area (Å²) in [6.45, 7) is 9.10. The number of nitrogens with one attached hydrogen (secondary N) is 1. The lowest BCUT2D eigenvalue weighted by molar-refractivity contribution is 0.625. The smallest absolute Gasteiger partial charge is 0.133 e. The molecule has 1 atom stereocenters. The van der Waals surface area contributed by atoms with Gasteiger partial charge in [-0.2, -0.15) is 0 Å². The van der Waals surface area contributed by atoms with Gasteiger partial charge in [-0.15, -0.1) is 0 Å². The molecule has 1 aromatic heterocycles. The number of rotatable bonds is 6. The molecule has 0 aliphatic heterocycles. The molecule has 1 aromatic rings. The molecular formula is C13H24N4. The fraction of sp³-hybridized carbons (Fsp3) is 0.692. The number of hydrogen-bond acceptors (Lipinski definition) is 4. The van der Waals surface area contributed by atoms with Crippen LogP contribution in [0.2, 0.25) is 0 Å². The van der Waals surface area contributed by atoms with Crippen molar-refractivity contribution in [2.24, 2.45) is 5.73 Å². The summed E-state index contributed by atoms with van der Waals surface area (Å²) >= 11 is 0. The molecule has 0 amide bonds. The number of hydrogen-bond donors (Lipinski definition) is 2. The van der Waals surface area contributed by atoms with Crippen LogP contribution in [0.1, 0.15) is 51.0 Å². The Kier molecular flexibility index (Phi) is 5.35. The van der Waals surface area contributed by atoms with Gasteiger partial charge in [0.15, 0.2) is 0 Å². The van der Waals surface area contributed by atoms with Crippen LogP contribution in [-0.4, -0.2) is 22.6 Å². The summed E-state index contributed by atoms with van der Waals surface area (Å²) in [7, 11) is 0. The van der Waals surface area contributed by atoms with Gasteiger partial charge in [0.25, 0.3) is 0 Å². The number of nitrogens with two attached hydrogens (primary N) is 1. The molecule has 0 fully saturated rings. The van der Waals surface area contributed by atoms with E-state index < -0.39 is 0 Å². The summed E-state index contributed by atoms with van der Waals surface area (Å²) in [4.78, 5) is 8.90. The predicted octanol–water partition coefficient (Wildman–Crippen LogP) is 2.45. The van der Waals surface area contributed by atoms with E-state index in [0.717, 1.165) is 36.7 Å². The molecule has 0 saturated heterocycles.